The fraction of sp³-hybridized carbons (Fsp3) is 0.950. The number of aliphatic hydroxyl groups is 1. The van der Waals surface area contributed by atoms with Crippen LogP contribution in [-0.4, -0.2) is 61.0 Å². The molecule has 5 nitrogen and oxygen atoms in total. The first-order chi connectivity index (χ1) is 12.3. The van der Waals surface area contributed by atoms with E-state index in [1.165, 1.54) is 25.7 Å². The Labute approximate surface area is 176 Å². The number of halogens is 1. The average Bonchev–Trinajstić information content (AvgIpc) is 3.29. The highest BCUT2D eigenvalue weighted by Gasteiger charge is 2.27. The van der Waals surface area contributed by atoms with E-state index in [1.807, 2.05) is 0 Å². The fourth-order valence-electron chi connectivity index (χ4n) is 4.54. The van der Waals surface area contributed by atoms with Gasteiger partial charge in [0, 0.05) is 38.7 Å². The fourth-order valence-corrected chi connectivity index (χ4v) is 4.54. The van der Waals surface area contributed by atoms with Crippen molar-refractivity contribution in [1.29, 1.82) is 0 Å². The predicted octanol–water partition coefficient (Wildman–Crippen LogP) is 3.40. The van der Waals surface area contributed by atoms with Crippen LogP contribution in [0.4, 0.5) is 0 Å². The summed E-state index contributed by atoms with van der Waals surface area (Å²) in [6, 6.07) is 0. The molecule has 0 aromatic heterocycles. The normalized spacial score (nSPS) is 28.4. The Morgan fingerprint density at radius 1 is 1.08 bits per heavy atom. The first kappa shape index (κ1) is 22.2. The third-order valence-corrected chi connectivity index (χ3v) is 6.21. The molecular formula is C20H38IN3O2. The van der Waals surface area contributed by atoms with E-state index in [4.69, 9.17) is 9.73 Å². The number of rotatable bonds is 6. The molecule has 2 aliphatic carbocycles. The topological polar surface area (TPSA) is 57.1 Å². The second kappa shape index (κ2) is 11.7. The van der Waals surface area contributed by atoms with E-state index in [2.05, 4.69) is 17.1 Å². The standard InChI is InChI=1S/C20H37N3O2.HI/c1-2-21-20(22-14-17-8-5-9-19(17)24)23-12-10-18(11-13-23)25-15-16-6-3-4-7-16;/h16-19,24H,2-15H2,1H3,(H,21,22);1H. The molecule has 2 N–H and O–H groups in total. The van der Waals surface area contributed by atoms with Crippen molar-refractivity contribution in [3.05, 3.63) is 0 Å². The number of likely N-dealkylation sites (tertiary alicyclic amines) is 1. The minimum atomic E-state index is -0.152. The van der Waals surface area contributed by atoms with E-state index in [9.17, 15) is 5.11 Å². The molecule has 0 radical (unpaired) electrons. The number of aliphatic imine (C=N–C) groups is 1. The predicted molar refractivity (Wildman–Crippen MR) is 117 cm³/mol. The maximum Gasteiger partial charge on any atom is 0.193 e. The molecule has 0 bridgehead atoms. The molecule has 1 aliphatic heterocycles. The molecule has 1 heterocycles. The van der Waals surface area contributed by atoms with Gasteiger partial charge in [-0.1, -0.05) is 19.3 Å². The third-order valence-electron chi connectivity index (χ3n) is 6.21. The van der Waals surface area contributed by atoms with Gasteiger partial charge in [0.05, 0.1) is 12.2 Å². The zero-order valence-electron chi connectivity index (χ0n) is 16.4. The Bertz CT molecular complexity index is 421. The Morgan fingerprint density at radius 2 is 1.81 bits per heavy atom. The van der Waals surface area contributed by atoms with Crippen molar-refractivity contribution in [1.82, 2.24) is 10.2 Å². The number of aliphatic hydroxyl groups excluding tert-OH is 1. The molecule has 0 amide bonds. The highest BCUT2D eigenvalue weighted by molar-refractivity contribution is 14.0. The van der Waals surface area contributed by atoms with Gasteiger partial charge in [-0.2, -0.15) is 0 Å². The lowest BCUT2D eigenvalue weighted by Gasteiger charge is -2.34. The zero-order valence-corrected chi connectivity index (χ0v) is 18.7. The van der Waals surface area contributed by atoms with Crippen molar-refractivity contribution in [2.24, 2.45) is 16.8 Å². The largest absolute Gasteiger partial charge is 0.393 e. The molecule has 2 atom stereocenters. The Hall–Kier alpha value is -0.0800. The molecule has 3 aliphatic rings. The minimum absolute atomic E-state index is 0. The van der Waals surface area contributed by atoms with Gasteiger partial charge in [0.15, 0.2) is 5.96 Å². The van der Waals surface area contributed by atoms with Crippen molar-refractivity contribution < 1.29 is 9.84 Å². The summed E-state index contributed by atoms with van der Waals surface area (Å²) in [6.45, 7) is 6.78. The number of piperidine rings is 1. The van der Waals surface area contributed by atoms with Gasteiger partial charge in [-0.25, -0.2) is 0 Å². The van der Waals surface area contributed by atoms with Gasteiger partial charge in [-0.3, -0.25) is 4.99 Å². The molecule has 152 valence electrons. The Balaban J connectivity index is 0.00000243. The first-order valence-electron chi connectivity index (χ1n) is 10.6. The van der Waals surface area contributed by atoms with Crippen LogP contribution >= 0.6 is 24.0 Å². The minimum Gasteiger partial charge on any atom is -0.393 e. The van der Waals surface area contributed by atoms with E-state index < -0.39 is 0 Å². The SMILES string of the molecule is CCNC(=NCC1CCCC1O)N1CCC(OCC2CCCC2)CC1.I. The van der Waals surface area contributed by atoms with Crippen LogP contribution in [0.15, 0.2) is 4.99 Å². The summed E-state index contributed by atoms with van der Waals surface area (Å²) in [7, 11) is 0. The van der Waals surface area contributed by atoms with E-state index in [-0.39, 0.29) is 30.1 Å². The smallest absolute Gasteiger partial charge is 0.193 e. The second-order valence-corrected chi connectivity index (χ2v) is 8.12. The number of nitrogens with one attached hydrogen (secondary N) is 1. The number of hydrogen-bond donors (Lipinski definition) is 2. The number of ether oxygens (including phenoxy) is 1. The molecule has 0 aromatic carbocycles. The summed E-state index contributed by atoms with van der Waals surface area (Å²) in [4.78, 5) is 7.21. The lowest BCUT2D eigenvalue weighted by atomic mass is 10.1. The second-order valence-electron chi connectivity index (χ2n) is 8.12. The van der Waals surface area contributed by atoms with Crippen molar-refractivity contribution >= 4 is 29.9 Å². The molecule has 3 fully saturated rings. The Morgan fingerprint density at radius 3 is 2.42 bits per heavy atom. The van der Waals surface area contributed by atoms with Crippen LogP contribution in [-0.2, 0) is 4.74 Å². The van der Waals surface area contributed by atoms with Crippen molar-refractivity contribution in [3.63, 3.8) is 0 Å². The van der Waals surface area contributed by atoms with Crippen LogP contribution in [0.1, 0.15) is 64.7 Å². The van der Waals surface area contributed by atoms with Crippen molar-refractivity contribution in [2.45, 2.75) is 76.9 Å². The van der Waals surface area contributed by atoms with E-state index in [1.54, 1.807) is 0 Å². The molecule has 0 spiro atoms. The quantitative estimate of drug-likeness (QED) is 0.349. The van der Waals surface area contributed by atoms with Crippen LogP contribution in [0.25, 0.3) is 0 Å². The number of guanidine groups is 1. The van der Waals surface area contributed by atoms with E-state index >= 15 is 0 Å². The first-order valence-corrected chi connectivity index (χ1v) is 10.6. The maximum absolute atomic E-state index is 10.0. The summed E-state index contributed by atoms with van der Waals surface area (Å²) in [6.07, 6.45) is 11.2. The molecule has 2 saturated carbocycles. The average molecular weight is 479 g/mol. The third kappa shape index (κ3) is 6.51. The summed E-state index contributed by atoms with van der Waals surface area (Å²) in [5.74, 6) is 2.19. The van der Waals surface area contributed by atoms with Crippen LogP contribution in [0.2, 0.25) is 0 Å². The number of nitrogens with zero attached hydrogens (tertiary/aromatic N) is 2. The van der Waals surface area contributed by atoms with Crippen LogP contribution in [0.3, 0.4) is 0 Å². The highest BCUT2D eigenvalue weighted by atomic mass is 127. The maximum atomic E-state index is 10.0. The molecule has 1 saturated heterocycles. The monoisotopic (exact) mass is 479 g/mol. The van der Waals surface area contributed by atoms with Gasteiger partial charge in [0.25, 0.3) is 0 Å². The Kier molecular flexibility index (Phi) is 9.99. The lowest BCUT2D eigenvalue weighted by Crippen LogP contribution is -2.47. The van der Waals surface area contributed by atoms with Gasteiger partial charge in [0.1, 0.15) is 0 Å². The van der Waals surface area contributed by atoms with Crippen molar-refractivity contribution in [2.75, 3.05) is 32.8 Å². The van der Waals surface area contributed by atoms with E-state index in [0.717, 1.165) is 76.8 Å². The molecular weight excluding hydrogens is 441 g/mol. The molecule has 26 heavy (non-hydrogen) atoms. The van der Waals surface area contributed by atoms with Gasteiger partial charge >= 0.3 is 0 Å². The van der Waals surface area contributed by atoms with Gasteiger partial charge < -0.3 is 20.1 Å². The van der Waals surface area contributed by atoms with Crippen molar-refractivity contribution in [3.8, 4) is 0 Å². The van der Waals surface area contributed by atoms with Crippen LogP contribution < -0.4 is 5.32 Å². The van der Waals surface area contributed by atoms with Crippen LogP contribution in [0, 0.1) is 11.8 Å². The lowest BCUT2D eigenvalue weighted by molar-refractivity contribution is 0.000995. The number of hydrogen-bond acceptors (Lipinski definition) is 3. The van der Waals surface area contributed by atoms with Gasteiger partial charge in [-0.15, -0.1) is 24.0 Å². The summed E-state index contributed by atoms with van der Waals surface area (Å²) in [5.41, 5.74) is 0. The van der Waals surface area contributed by atoms with Gasteiger partial charge in [-0.05, 0) is 51.4 Å². The molecule has 6 heteroatoms. The summed E-state index contributed by atoms with van der Waals surface area (Å²) >= 11 is 0. The van der Waals surface area contributed by atoms with E-state index in [0.29, 0.717) is 12.0 Å². The molecule has 3 rings (SSSR count). The summed E-state index contributed by atoms with van der Waals surface area (Å²) in [5, 5.41) is 13.4. The zero-order chi connectivity index (χ0) is 17.5. The highest BCUT2D eigenvalue weighted by Crippen LogP contribution is 2.27. The summed E-state index contributed by atoms with van der Waals surface area (Å²) < 4.78 is 6.19. The van der Waals surface area contributed by atoms with Crippen LogP contribution in [0.5, 0.6) is 0 Å². The molecule has 0 aromatic rings. The van der Waals surface area contributed by atoms with Gasteiger partial charge in [0.2, 0.25) is 0 Å². The molecule has 2 unspecified atom stereocenters.